The fourth-order valence-electron chi connectivity index (χ4n) is 3.75. The van der Waals surface area contributed by atoms with E-state index in [0.717, 1.165) is 11.5 Å². The van der Waals surface area contributed by atoms with Gasteiger partial charge in [-0.1, -0.05) is 0 Å². The summed E-state index contributed by atoms with van der Waals surface area (Å²) < 4.78 is 14.2. The van der Waals surface area contributed by atoms with Crippen LogP contribution < -0.4 is 9.47 Å². The summed E-state index contributed by atoms with van der Waals surface area (Å²) in [4.78, 5) is 7.52. The van der Waals surface area contributed by atoms with Crippen LogP contribution in [0.25, 0.3) is 0 Å². The van der Waals surface area contributed by atoms with Crippen molar-refractivity contribution in [1.82, 2.24) is 0 Å². The van der Waals surface area contributed by atoms with Crippen molar-refractivity contribution in [3.8, 4) is 11.5 Å². The van der Waals surface area contributed by atoms with Crippen LogP contribution in [-0.2, 0) is 0 Å². The molecule has 2 aliphatic carbocycles. The fourth-order valence-corrected chi connectivity index (χ4v) is 14.8. The number of halogens is 1. The van der Waals surface area contributed by atoms with Crippen LogP contribution in [0.2, 0.25) is 14.8 Å². The van der Waals surface area contributed by atoms with Crippen LogP contribution in [0.1, 0.15) is 29.4 Å². The van der Waals surface area contributed by atoms with E-state index in [1.165, 1.54) is 22.0 Å². The van der Waals surface area contributed by atoms with Crippen molar-refractivity contribution in [1.29, 1.82) is 0 Å². The SMILES string of the molecule is COc1cc2c(cc1OC)C1CC2C(Br)=[C]1[Sn]([CH3])([CH3])[CH3]. The third kappa shape index (κ3) is 2.04. The predicted octanol–water partition coefficient (Wildman–Crippen LogP) is 4.81. The molecule has 0 amide bonds. The van der Waals surface area contributed by atoms with Crippen LogP contribution in [0.4, 0.5) is 0 Å². The molecule has 0 saturated heterocycles. The van der Waals surface area contributed by atoms with Gasteiger partial charge in [0, 0.05) is 0 Å². The second-order valence-corrected chi connectivity index (χ2v) is 21.9. The standard InChI is InChI=1S/C13H12BrO2.3CH3.Sn/c1-15-12-5-8-7-3-10(11(14)4-7)9(8)6-13(12)16-2;;;;/h5-7,10H,3H2,1-2H3;3*1H3;. The van der Waals surface area contributed by atoms with Crippen LogP contribution in [0.15, 0.2) is 20.2 Å². The number of hydrogen-bond donors (Lipinski definition) is 0. The second kappa shape index (κ2) is 4.94. The molecule has 2 aliphatic rings. The molecule has 108 valence electrons. The Kier molecular flexibility index (Phi) is 3.65. The van der Waals surface area contributed by atoms with Gasteiger partial charge in [0.05, 0.1) is 0 Å². The predicted molar refractivity (Wildman–Crippen MR) is 88.9 cm³/mol. The molecule has 0 fully saturated rings. The topological polar surface area (TPSA) is 18.5 Å². The van der Waals surface area contributed by atoms with Gasteiger partial charge in [-0.15, -0.1) is 0 Å². The summed E-state index contributed by atoms with van der Waals surface area (Å²) in [6, 6.07) is 4.38. The maximum atomic E-state index is 5.48. The minimum atomic E-state index is -2.06. The molecule has 2 nitrogen and oxygen atoms in total. The molecule has 0 radical (unpaired) electrons. The van der Waals surface area contributed by atoms with E-state index in [-0.39, 0.29) is 0 Å². The van der Waals surface area contributed by atoms with Crippen LogP contribution in [0.5, 0.6) is 11.5 Å². The molecule has 2 unspecified atom stereocenters. The Morgan fingerprint density at radius 2 is 1.50 bits per heavy atom. The van der Waals surface area contributed by atoms with E-state index in [9.17, 15) is 0 Å². The van der Waals surface area contributed by atoms with E-state index >= 15 is 0 Å². The summed E-state index contributed by atoms with van der Waals surface area (Å²) in [7, 11) is 3.42. The van der Waals surface area contributed by atoms with E-state index in [4.69, 9.17) is 9.47 Å². The average Bonchev–Trinajstić information content (AvgIpc) is 2.91. The first-order valence-electron chi connectivity index (χ1n) is 7.04. The van der Waals surface area contributed by atoms with Crippen molar-refractivity contribution >= 4 is 34.3 Å². The summed E-state index contributed by atoms with van der Waals surface area (Å²) in [5, 5.41) is 0. The number of fused-ring (bicyclic) bond motifs is 5. The van der Waals surface area contributed by atoms with Crippen LogP contribution in [0, 0.1) is 0 Å². The molecule has 0 aromatic heterocycles. The molecule has 2 bridgehead atoms. The molecule has 2 atom stereocenters. The van der Waals surface area contributed by atoms with Crippen molar-refractivity contribution < 1.29 is 9.47 Å². The summed E-state index contributed by atoms with van der Waals surface area (Å²) in [5.41, 5.74) is 2.90. The van der Waals surface area contributed by atoms with Crippen molar-refractivity contribution in [2.75, 3.05) is 14.2 Å². The molecular weight excluding hydrogens is 423 g/mol. The summed E-state index contributed by atoms with van der Waals surface area (Å²) in [6.45, 7) is 0. The normalized spacial score (nSPS) is 24.1. The first-order valence-corrected chi connectivity index (χ1v) is 17.8. The molecular formula is C16H21BrO2Sn. The third-order valence-electron chi connectivity index (χ3n) is 4.53. The summed E-state index contributed by atoms with van der Waals surface area (Å²) in [5.74, 6) is 2.86. The average molecular weight is 444 g/mol. The van der Waals surface area contributed by atoms with Crippen LogP contribution in [-0.4, -0.2) is 32.6 Å². The molecule has 4 heteroatoms. The van der Waals surface area contributed by atoms with Crippen molar-refractivity contribution in [2.24, 2.45) is 0 Å². The first kappa shape index (κ1) is 14.8. The van der Waals surface area contributed by atoms with E-state index < -0.39 is 18.4 Å². The minimum absolute atomic E-state index is 0.542. The molecule has 0 saturated carbocycles. The quantitative estimate of drug-likeness (QED) is 0.624. The van der Waals surface area contributed by atoms with Gasteiger partial charge in [0.25, 0.3) is 0 Å². The Labute approximate surface area is 133 Å². The Hall–Kier alpha value is -0.161. The molecule has 0 heterocycles. The van der Waals surface area contributed by atoms with Crippen LogP contribution in [0.3, 0.4) is 0 Å². The van der Waals surface area contributed by atoms with Gasteiger partial charge in [0.1, 0.15) is 0 Å². The van der Waals surface area contributed by atoms with Crippen molar-refractivity contribution in [3.05, 3.63) is 31.3 Å². The van der Waals surface area contributed by atoms with Gasteiger partial charge < -0.3 is 0 Å². The van der Waals surface area contributed by atoms with Gasteiger partial charge in [-0.25, -0.2) is 0 Å². The number of benzene rings is 1. The van der Waals surface area contributed by atoms with Gasteiger partial charge in [0.2, 0.25) is 0 Å². The van der Waals surface area contributed by atoms with E-state index in [1.54, 1.807) is 17.8 Å². The zero-order chi connectivity index (χ0) is 14.7. The maximum absolute atomic E-state index is 5.48. The van der Waals surface area contributed by atoms with Crippen molar-refractivity contribution in [2.45, 2.75) is 33.1 Å². The van der Waals surface area contributed by atoms with Gasteiger partial charge in [0.15, 0.2) is 0 Å². The second-order valence-electron chi connectivity index (χ2n) is 6.69. The number of rotatable bonds is 3. The van der Waals surface area contributed by atoms with Crippen molar-refractivity contribution in [3.63, 3.8) is 0 Å². The Morgan fingerprint density at radius 1 is 1.00 bits per heavy atom. The van der Waals surface area contributed by atoms with E-state index in [2.05, 4.69) is 42.9 Å². The molecule has 0 spiro atoms. The fraction of sp³-hybridized carbons (Fsp3) is 0.500. The molecule has 3 rings (SSSR count). The van der Waals surface area contributed by atoms with Gasteiger partial charge in [-0.2, -0.15) is 0 Å². The first-order chi connectivity index (χ1) is 9.38. The monoisotopic (exact) mass is 444 g/mol. The van der Waals surface area contributed by atoms with Crippen LogP contribution >= 0.6 is 15.9 Å². The third-order valence-corrected chi connectivity index (χ3v) is 12.9. The van der Waals surface area contributed by atoms with E-state index in [0.29, 0.717) is 11.8 Å². The Morgan fingerprint density at radius 3 is 1.95 bits per heavy atom. The Balaban J connectivity index is 2.14. The zero-order valence-corrected chi connectivity index (χ0v) is 17.2. The molecule has 20 heavy (non-hydrogen) atoms. The number of methoxy groups -OCH3 is 2. The molecule has 0 N–H and O–H groups in total. The number of allylic oxidation sites excluding steroid dienone is 2. The molecule has 1 aromatic carbocycles. The summed E-state index contributed by atoms with van der Waals surface area (Å²) >= 11 is 1.85. The summed E-state index contributed by atoms with van der Waals surface area (Å²) in [6.07, 6.45) is 1.23. The Bertz CT molecular complexity index is 601. The van der Waals surface area contributed by atoms with Gasteiger partial charge in [-0.05, 0) is 0 Å². The number of ether oxygens (including phenoxy) is 2. The van der Waals surface area contributed by atoms with Gasteiger partial charge >= 0.3 is 134 Å². The van der Waals surface area contributed by atoms with E-state index in [1.807, 2.05) is 0 Å². The number of hydrogen-bond acceptors (Lipinski definition) is 2. The molecule has 0 aliphatic heterocycles. The molecule has 1 aromatic rings. The van der Waals surface area contributed by atoms with Gasteiger partial charge in [-0.3, -0.25) is 0 Å². The zero-order valence-electron chi connectivity index (χ0n) is 12.7.